The van der Waals surface area contributed by atoms with E-state index in [-0.39, 0.29) is 17.3 Å². The van der Waals surface area contributed by atoms with Crippen molar-refractivity contribution in [1.82, 2.24) is 0 Å². The molecule has 0 aromatic heterocycles. The molecule has 1 aliphatic heterocycles. The number of benzene rings is 2. The van der Waals surface area contributed by atoms with Crippen molar-refractivity contribution < 1.29 is 19.4 Å². The van der Waals surface area contributed by atoms with Gasteiger partial charge in [0.15, 0.2) is 17.3 Å². The molecule has 22 heavy (non-hydrogen) atoms. The van der Waals surface area contributed by atoms with E-state index in [0.717, 1.165) is 10.0 Å². The molecule has 0 fully saturated rings. The molecule has 0 aliphatic carbocycles. The summed E-state index contributed by atoms with van der Waals surface area (Å²) in [5, 5.41) is 9.70. The lowest BCUT2D eigenvalue weighted by Gasteiger charge is -2.06. The molecule has 1 aliphatic rings. The fraction of sp³-hybridized carbons (Fsp3) is 0.118. The number of fused-ring (bicyclic) bond motifs is 1. The first-order valence-corrected chi connectivity index (χ1v) is 7.57. The highest BCUT2D eigenvalue weighted by molar-refractivity contribution is 9.10. The monoisotopic (exact) mass is 360 g/mol. The van der Waals surface area contributed by atoms with Crippen LogP contribution >= 0.6 is 15.9 Å². The molecule has 1 N–H and O–H groups in total. The van der Waals surface area contributed by atoms with Gasteiger partial charge in [0.25, 0.3) is 0 Å². The number of phenols is 1. The summed E-state index contributed by atoms with van der Waals surface area (Å²) in [6.07, 6.45) is 1.64. The first kappa shape index (κ1) is 14.7. The van der Waals surface area contributed by atoms with Gasteiger partial charge < -0.3 is 14.6 Å². The third kappa shape index (κ3) is 2.72. The van der Waals surface area contributed by atoms with Crippen molar-refractivity contribution in [1.29, 1.82) is 0 Å². The van der Waals surface area contributed by atoms with Crippen molar-refractivity contribution in [3.05, 3.63) is 57.8 Å². The quantitative estimate of drug-likeness (QED) is 0.834. The summed E-state index contributed by atoms with van der Waals surface area (Å²) in [4.78, 5) is 12.3. The van der Waals surface area contributed by atoms with Crippen LogP contribution in [0.1, 0.15) is 22.8 Å². The molecule has 0 radical (unpaired) electrons. The molecule has 3 rings (SSSR count). The summed E-state index contributed by atoms with van der Waals surface area (Å²) in [5.41, 5.74) is 1.25. The first-order valence-electron chi connectivity index (χ1n) is 6.78. The highest BCUT2D eigenvalue weighted by Crippen LogP contribution is 2.34. The van der Waals surface area contributed by atoms with E-state index in [2.05, 4.69) is 15.9 Å². The third-order valence-electron chi connectivity index (χ3n) is 3.21. The molecule has 1 heterocycles. The third-order valence-corrected chi connectivity index (χ3v) is 3.70. The van der Waals surface area contributed by atoms with Crippen LogP contribution in [-0.4, -0.2) is 17.5 Å². The van der Waals surface area contributed by atoms with Gasteiger partial charge in [-0.05, 0) is 48.9 Å². The Labute approximate surface area is 136 Å². The van der Waals surface area contributed by atoms with Crippen LogP contribution in [0.25, 0.3) is 6.08 Å². The average molecular weight is 361 g/mol. The molecule has 0 atom stereocenters. The predicted molar refractivity (Wildman–Crippen MR) is 86.4 cm³/mol. The fourth-order valence-corrected chi connectivity index (χ4v) is 2.57. The number of allylic oxidation sites excluding steroid dienone is 1. The number of hydrogen-bond acceptors (Lipinski definition) is 4. The predicted octanol–water partition coefficient (Wildman–Crippen LogP) is 4.17. The normalized spacial score (nSPS) is 14.8. The highest BCUT2D eigenvalue weighted by atomic mass is 79.9. The van der Waals surface area contributed by atoms with Gasteiger partial charge in [-0.1, -0.05) is 22.0 Å². The Bertz CT molecular complexity index is 780. The summed E-state index contributed by atoms with van der Waals surface area (Å²) in [6, 6.07) is 10.2. The SMILES string of the molecule is CCOc1cc(/C=C2\Oc3ccc(Br)cc3C2=O)ccc1O. The molecule has 4 nitrogen and oxygen atoms in total. The van der Waals surface area contributed by atoms with E-state index in [0.29, 0.717) is 23.7 Å². The van der Waals surface area contributed by atoms with E-state index < -0.39 is 0 Å². The first-order chi connectivity index (χ1) is 10.6. The molecule has 0 saturated carbocycles. The largest absolute Gasteiger partial charge is 0.504 e. The molecule has 0 bridgehead atoms. The van der Waals surface area contributed by atoms with E-state index in [1.54, 1.807) is 30.3 Å². The maximum Gasteiger partial charge on any atom is 0.232 e. The molecule has 0 saturated heterocycles. The van der Waals surface area contributed by atoms with Gasteiger partial charge in [-0.3, -0.25) is 4.79 Å². The van der Waals surface area contributed by atoms with Crippen LogP contribution in [0.5, 0.6) is 17.2 Å². The van der Waals surface area contributed by atoms with Gasteiger partial charge in [0.2, 0.25) is 5.78 Å². The number of ether oxygens (including phenoxy) is 2. The number of halogens is 1. The second-order valence-corrected chi connectivity index (χ2v) is 5.66. The minimum Gasteiger partial charge on any atom is -0.504 e. The zero-order chi connectivity index (χ0) is 15.7. The standard InChI is InChI=1S/C17H13BrO4/c1-2-21-15-7-10(3-5-13(15)19)8-16-17(20)12-9-11(18)4-6-14(12)22-16/h3-9,19H,2H2,1H3/b16-8-. The van der Waals surface area contributed by atoms with Crippen molar-refractivity contribution in [3.8, 4) is 17.2 Å². The van der Waals surface area contributed by atoms with Crippen LogP contribution in [0.4, 0.5) is 0 Å². The Kier molecular flexibility index (Phi) is 3.90. The van der Waals surface area contributed by atoms with Gasteiger partial charge in [0.05, 0.1) is 12.2 Å². The van der Waals surface area contributed by atoms with E-state index in [1.807, 2.05) is 13.0 Å². The van der Waals surface area contributed by atoms with Crippen molar-refractivity contribution in [2.75, 3.05) is 6.61 Å². The molecule has 0 amide bonds. The zero-order valence-electron chi connectivity index (χ0n) is 11.8. The van der Waals surface area contributed by atoms with Crippen LogP contribution in [0.2, 0.25) is 0 Å². The average Bonchev–Trinajstić information content (AvgIpc) is 2.79. The van der Waals surface area contributed by atoms with Crippen LogP contribution in [0.3, 0.4) is 0 Å². The van der Waals surface area contributed by atoms with Gasteiger partial charge in [-0.2, -0.15) is 0 Å². The number of carbonyl (C=O) groups excluding carboxylic acids is 1. The van der Waals surface area contributed by atoms with Crippen molar-refractivity contribution >= 4 is 27.8 Å². The maximum absolute atomic E-state index is 12.3. The molecule has 112 valence electrons. The molecular formula is C17H13BrO4. The van der Waals surface area contributed by atoms with E-state index in [9.17, 15) is 9.90 Å². The Balaban J connectivity index is 1.94. The second kappa shape index (κ2) is 5.85. The smallest absolute Gasteiger partial charge is 0.232 e. The second-order valence-electron chi connectivity index (χ2n) is 4.74. The Hall–Kier alpha value is -2.27. The number of rotatable bonds is 3. The summed E-state index contributed by atoms with van der Waals surface area (Å²) < 4.78 is 11.8. The summed E-state index contributed by atoms with van der Waals surface area (Å²) >= 11 is 3.34. The van der Waals surface area contributed by atoms with Gasteiger partial charge in [-0.25, -0.2) is 0 Å². The molecule has 0 unspecified atom stereocenters. The van der Waals surface area contributed by atoms with E-state index >= 15 is 0 Å². The maximum atomic E-state index is 12.3. The van der Waals surface area contributed by atoms with Gasteiger partial charge in [-0.15, -0.1) is 0 Å². The lowest BCUT2D eigenvalue weighted by Crippen LogP contribution is -1.98. The van der Waals surface area contributed by atoms with E-state index in [1.165, 1.54) is 6.07 Å². The minimum absolute atomic E-state index is 0.0647. The number of hydrogen-bond donors (Lipinski definition) is 1. The van der Waals surface area contributed by atoms with Crippen LogP contribution in [-0.2, 0) is 0 Å². The number of ketones is 1. The lowest BCUT2D eigenvalue weighted by molar-refractivity contribution is 0.101. The van der Waals surface area contributed by atoms with Crippen molar-refractivity contribution in [2.45, 2.75) is 6.92 Å². The van der Waals surface area contributed by atoms with Gasteiger partial charge in [0, 0.05) is 4.47 Å². The Morgan fingerprint density at radius 3 is 2.86 bits per heavy atom. The number of carbonyl (C=O) groups is 1. The fourth-order valence-electron chi connectivity index (χ4n) is 2.20. The molecule has 2 aromatic rings. The molecule has 2 aromatic carbocycles. The van der Waals surface area contributed by atoms with Gasteiger partial charge in [0.1, 0.15) is 5.75 Å². The zero-order valence-corrected chi connectivity index (χ0v) is 13.4. The van der Waals surface area contributed by atoms with Crippen LogP contribution in [0.15, 0.2) is 46.6 Å². The molecule has 5 heteroatoms. The van der Waals surface area contributed by atoms with Gasteiger partial charge >= 0.3 is 0 Å². The number of phenolic OH excluding ortho intramolecular Hbond substituents is 1. The van der Waals surface area contributed by atoms with Crippen molar-refractivity contribution in [3.63, 3.8) is 0 Å². The molecular weight excluding hydrogens is 348 g/mol. The highest BCUT2D eigenvalue weighted by Gasteiger charge is 2.27. The van der Waals surface area contributed by atoms with Crippen LogP contribution < -0.4 is 9.47 Å². The summed E-state index contributed by atoms with van der Waals surface area (Å²) in [6.45, 7) is 2.28. The Morgan fingerprint density at radius 2 is 2.09 bits per heavy atom. The minimum atomic E-state index is -0.165. The number of aromatic hydroxyl groups is 1. The van der Waals surface area contributed by atoms with Crippen molar-refractivity contribution in [2.24, 2.45) is 0 Å². The van der Waals surface area contributed by atoms with Crippen LogP contribution in [0, 0.1) is 0 Å². The Morgan fingerprint density at radius 1 is 1.27 bits per heavy atom. The summed E-state index contributed by atoms with van der Waals surface area (Å²) in [7, 11) is 0. The summed E-state index contributed by atoms with van der Waals surface area (Å²) in [5.74, 6) is 1.07. The molecule has 0 spiro atoms. The lowest BCUT2D eigenvalue weighted by atomic mass is 10.1. The number of Topliss-reactive ketones (excluding diaryl/α,β-unsaturated/α-hetero) is 1. The topological polar surface area (TPSA) is 55.8 Å². The van der Waals surface area contributed by atoms with E-state index in [4.69, 9.17) is 9.47 Å².